The van der Waals surface area contributed by atoms with Crippen LogP contribution in [0.5, 0.6) is 0 Å². The zero-order chi connectivity index (χ0) is 21.6. The van der Waals surface area contributed by atoms with Crippen LogP contribution in [-0.2, 0) is 16.0 Å². The molecule has 0 aromatic heterocycles. The number of cyclic esters (lactones) is 1. The molecular weight excluding hydrogens is 399 g/mol. The van der Waals surface area contributed by atoms with Gasteiger partial charge in [-0.05, 0) is 57.1 Å². The number of halogens is 1. The fraction of sp³-hybridized carbons (Fsp3) is 0.652. The second-order valence-corrected chi connectivity index (χ2v) is 9.66. The number of benzene rings is 1. The number of anilines is 1. The Morgan fingerprint density at radius 1 is 1.29 bits per heavy atom. The van der Waals surface area contributed by atoms with Crippen LogP contribution in [0.3, 0.4) is 0 Å². The number of hydrogen-bond acceptors (Lipinski definition) is 5. The average molecular weight is 431 g/mol. The Bertz CT molecular complexity index is 853. The van der Waals surface area contributed by atoms with Crippen LogP contribution in [0.4, 0.5) is 14.9 Å². The fourth-order valence-corrected chi connectivity index (χ4v) is 5.74. The predicted molar refractivity (Wildman–Crippen MR) is 114 cm³/mol. The highest BCUT2D eigenvalue weighted by molar-refractivity contribution is 5.88. The molecule has 2 amide bonds. The molecule has 1 aliphatic carbocycles. The number of piperidine rings is 1. The van der Waals surface area contributed by atoms with E-state index in [9.17, 15) is 14.0 Å². The summed E-state index contributed by atoms with van der Waals surface area (Å²) in [5.74, 6) is -0.281. The third-order valence-electron chi connectivity index (χ3n) is 7.62. The Morgan fingerprint density at radius 2 is 2.10 bits per heavy atom. The molecule has 8 heteroatoms. The van der Waals surface area contributed by atoms with Crippen LogP contribution >= 0.6 is 0 Å². The molecule has 3 fully saturated rings. The number of fused-ring (bicyclic) bond motifs is 1. The molecule has 7 nitrogen and oxygen atoms in total. The monoisotopic (exact) mass is 430 g/mol. The van der Waals surface area contributed by atoms with Gasteiger partial charge in [-0.3, -0.25) is 4.79 Å². The van der Waals surface area contributed by atoms with Gasteiger partial charge in [-0.15, -0.1) is 0 Å². The minimum atomic E-state index is -0.410. The van der Waals surface area contributed by atoms with Gasteiger partial charge in [0.25, 0.3) is 0 Å². The van der Waals surface area contributed by atoms with Crippen molar-refractivity contribution in [3.05, 3.63) is 29.1 Å². The number of likely N-dealkylation sites (tertiary alicyclic amines) is 1. The standard InChI is InChI=1S/C23H31FN4O3/c1-14-5-6-18(24)17-12-19(26-20(14)17)21(29)25-15-3-2-4-16(11-15)28-9-7-23(8-10-28)13-31-22(30)27-23/h5-6,15-16,19,26H,2-4,7-13H2,1H3,(H,25,29)(H,27,30)/t15-,16+,19?/m1/s1. The van der Waals surface area contributed by atoms with E-state index >= 15 is 0 Å². The first-order chi connectivity index (χ1) is 14.9. The number of carbonyl (C=O) groups excluding carboxylic acids is 2. The lowest BCUT2D eigenvalue weighted by Gasteiger charge is -2.44. The summed E-state index contributed by atoms with van der Waals surface area (Å²) in [6.07, 6.45) is 6.05. The van der Waals surface area contributed by atoms with Gasteiger partial charge >= 0.3 is 6.09 Å². The van der Waals surface area contributed by atoms with Crippen molar-refractivity contribution in [1.82, 2.24) is 15.5 Å². The number of hydrogen-bond donors (Lipinski definition) is 3. The summed E-state index contributed by atoms with van der Waals surface area (Å²) in [6.45, 7) is 4.28. The average Bonchev–Trinajstić information content (AvgIpc) is 3.37. The van der Waals surface area contributed by atoms with Crippen molar-refractivity contribution in [2.75, 3.05) is 25.0 Å². The second-order valence-electron chi connectivity index (χ2n) is 9.66. The number of ether oxygens (including phenoxy) is 1. The molecule has 4 aliphatic rings. The third kappa shape index (κ3) is 3.97. The van der Waals surface area contributed by atoms with Gasteiger partial charge in [0.05, 0.1) is 5.54 Å². The van der Waals surface area contributed by atoms with Gasteiger partial charge < -0.3 is 25.6 Å². The Hall–Kier alpha value is -2.35. The number of amides is 2. The number of nitrogens with zero attached hydrogens (tertiary/aromatic N) is 1. The minimum Gasteiger partial charge on any atom is -0.447 e. The van der Waals surface area contributed by atoms with Crippen LogP contribution < -0.4 is 16.0 Å². The maximum atomic E-state index is 14.1. The SMILES string of the molecule is Cc1ccc(F)c2c1NC(C(=O)N[C@@H]1CCC[C@H](N3CCC4(CC3)COC(=O)N4)C1)C2. The lowest BCUT2D eigenvalue weighted by Crippen LogP contribution is -2.56. The molecule has 0 bridgehead atoms. The van der Waals surface area contributed by atoms with Crippen molar-refractivity contribution in [3.8, 4) is 0 Å². The molecular formula is C23H31FN4O3. The van der Waals surface area contributed by atoms with E-state index in [-0.39, 0.29) is 29.4 Å². The van der Waals surface area contributed by atoms with E-state index in [0.29, 0.717) is 24.6 Å². The number of aryl methyl sites for hydroxylation is 1. The zero-order valence-corrected chi connectivity index (χ0v) is 18.0. The molecule has 1 saturated carbocycles. The molecule has 1 unspecified atom stereocenters. The summed E-state index contributed by atoms with van der Waals surface area (Å²) in [6, 6.07) is 3.41. The number of carbonyl (C=O) groups is 2. The molecule has 2 saturated heterocycles. The van der Waals surface area contributed by atoms with Crippen LogP contribution in [-0.4, -0.2) is 60.3 Å². The molecule has 0 radical (unpaired) electrons. The van der Waals surface area contributed by atoms with Gasteiger partial charge in [0.2, 0.25) is 5.91 Å². The van der Waals surface area contributed by atoms with Crippen molar-refractivity contribution in [2.45, 2.75) is 75.5 Å². The number of alkyl carbamates (subject to hydrolysis) is 1. The second kappa shape index (κ2) is 7.97. The van der Waals surface area contributed by atoms with E-state index in [1.165, 1.54) is 6.07 Å². The van der Waals surface area contributed by atoms with Crippen LogP contribution in [0, 0.1) is 12.7 Å². The molecule has 3 N–H and O–H groups in total. The maximum Gasteiger partial charge on any atom is 0.407 e. The normalized spacial score (nSPS) is 29.7. The first-order valence-corrected chi connectivity index (χ1v) is 11.5. The number of nitrogens with one attached hydrogen (secondary N) is 3. The third-order valence-corrected chi connectivity index (χ3v) is 7.62. The van der Waals surface area contributed by atoms with E-state index in [1.54, 1.807) is 6.07 Å². The van der Waals surface area contributed by atoms with Gasteiger partial charge in [-0.2, -0.15) is 0 Å². The molecule has 1 aromatic carbocycles. The smallest absolute Gasteiger partial charge is 0.407 e. The van der Waals surface area contributed by atoms with Crippen molar-refractivity contribution in [2.24, 2.45) is 0 Å². The van der Waals surface area contributed by atoms with Crippen LogP contribution in [0.25, 0.3) is 0 Å². The molecule has 1 aromatic rings. The highest BCUT2D eigenvalue weighted by Crippen LogP contribution is 2.33. The van der Waals surface area contributed by atoms with Gasteiger partial charge in [0.1, 0.15) is 18.5 Å². The van der Waals surface area contributed by atoms with Crippen LogP contribution in [0.15, 0.2) is 12.1 Å². The van der Waals surface area contributed by atoms with Crippen molar-refractivity contribution >= 4 is 17.7 Å². The van der Waals surface area contributed by atoms with E-state index in [1.807, 2.05) is 6.92 Å². The Labute approximate surface area is 182 Å². The molecule has 3 atom stereocenters. The molecule has 31 heavy (non-hydrogen) atoms. The summed E-state index contributed by atoms with van der Waals surface area (Å²) >= 11 is 0. The predicted octanol–water partition coefficient (Wildman–Crippen LogP) is 2.47. The number of rotatable bonds is 3. The Kier molecular flexibility index (Phi) is 5.28. The van der Waals surface area contributed by atoms with Gasteiger partial charge in [0, 0.05) is 42.8 Å². The van der Waals surface area contributed by atoms with Crippen LogP contribution in [0.2, 0.25) is 0 Å². The first kappa shape index (κ1) is 20.5. The van der Waals surface area contributed by atoms with Gasteiger partial charge in [0.15, 0.2) is 0 Å². The largest absolute Gasteiger partial charge is 0.447 e. The Balaban J connectivity index is 1.15. The molecule has 1 spiro atoms. The molecule has 168 valence electrons. The van der Waals surface area contributed by atoms with E-state index in [0.717, 1.165) is 62.9 Å². The zero-order valence-electron chi connectivity index (χ0n) is 18.0. The van der Waals surface area contributed by atoms with Crippen molar-refractivity contribution < 1.29 is 18.7 Å². The minimum absolute atomic E-state index is 0.0379. The lowest BCUT2D eigenvalue weighted by molar-refractivity contribution is -0.122. The van der Waals surface area contributed by atoms with Gasteiger partial charge in [-0.1, -0.05) is 6.07 Å². The van der Waals surface area contributed by atoms with E-state index < -0.39 is 6.04 Å². The highest BCUT2D eigenvalue weighted by atomic mass is 19.1. The molecule has 5 rings (SSSR count). The van der Waals surface area contributed by atoms with E-state index in [2.05, 4.69) is 20.9 Å². The summed E-state index contributed by atoms with van der Waals surface area (Å²) in [5.41, 5.74) is 2.17. The summed E-state index contributed by atoms with van der Waals surface area (Å²) in [4.78, 5) is 26.9. The van der Waals surface area contributed by atoms with Crippen molar-refractivity contribution in [1.29, 1.82) is 0 Å². The summed E-state index contributed by atoms with van der Waals surface area (Å²) in [7, 11) is 0. The van der Waals surface area contributed by atoms with Crippen molar-refractivity contribution in [3.63, 3.8) is 0 Å². The Morgan fingerprint density at radius 3 is 2.81 bits per heavy atom. The van der Waals surface area contributed by atoms with Crippen LogP contribution in [0.1, 0.15) is 49.7 Å². The summed E-state index contributed by atoms with van der Waals surface area (Å²) in [5, 5.41) is 9.46. The quantitative estimate of drug-likeness (QED) is 0.686. The first-order valence-electron chi connectivity index (χ1n) is 11.5. The summed E-state index contributed by atoms with van der Waals surface area (Å²) < 4.78 is 19.3. The fourth-order valence-electron chi connectivity index (χ4n) is 5.74. The topological polar surface area (TPSA) is 82.7 Å². The molecule has 3 heterocycles. The maximum absolute atomic E-state index is 14.1. The lowest BCUT2D eigenvalue weighted by atomic mass is 9.84. The highest BCUT2D eigenvalue weighted by Gasteiger charge is 2.43. The molecule has 3 aliphatic heterocycles. The van der Waals surface area contributed by atoms with E-state index in [4.69, 9.17) is 4.74 Å². The van der Waals surface area contributed by atoms with Gasteiger partial charge in [-0.25, -0.2) is 9.18 Å².